The highest BCUT2D eigenvalue weighted by Gasteiger charge is 2.35. The molecule has 118 valence electrons. The third kappa shape index (κ3) is 3.41. The van der Waals surface area contributed by atoms with Gasteiger partial charge in [0.15, 0.2) is 0 Å². The largest absolute Gasteiger partial charge is 0.326 e. The first-order chi connectivity index (χ1) is 9.67. The molecule has 0 bridgehead atoms. The summed E-state index contributed by atoms with van der Waals surface area (Å²) in [4.78, 5) is 0.0330. The molecule has 0 aliphatic carbocycles. The third-order valence-corrected chi connectivity index (χ3v) is 6.87. The van der Waals surface area contributed by atoms with E-state index >= 15 is 0 Å². The Morgan fingerprint density at radius 2 is 2.10 bits per heavy atom. The van der Waals surface area contributed by atoms with E-state index in [2.05, 4.69) is 0 Å². The van der Waals surface area contributed by atoms with Crippen molar-refractivity contribution in [1.82, 2.24) is 4.31 Å². The van der Waals surface area contributed by atoms with Crippen LogP contribution in [0.3, 0.4) is 0 Å². The molecule has 2 rings (SSSR count). The molecule has 1 fully saturated rings. The first-order valence-electron chi connectivity index (χ1n) is 6.80. The Bertz CT molecular complexity index is 645. The van der Waals surface area contributed by atoms with Crippen LogP contribution in [0.5, 0.6) is 0 Å². The Kier molecular flexibility index (Phi) is 4.68. The molecule has 0 saturated carbocycles. The van der Waals surface area contributed by atoms with Crippen molar-refractivity contribution in [2.75, 3.05) is 18.8 Å². The highest BCUT2D eigenvalue weighted by molar-refractivity contribution is 8.00. The minimum absolute atomic E-state index is 0.0330. The molecule has 1 aliphatic rings. The zero-order valence-electron chi connectivity index (χ0n) is 12.5. The summed E-state index contributed by atoms with van der Waals surface area (Å²) in [5, 5.41) is 0. The van der Waals surface area contributed by atoms with E-state index in [9.17, 15) is 12.8 Å². The third-order valence-electron chi connectivity index (χ3n) is 3.60. The van der Waals surface area contributed by atoms with E-state index < -0.39 is 15.8 Å². The van der Waals surface area contributed by atoms with E-state index in [1.54, 1.807) is 11.8 Å². The smallest absolute Gasteiger partial charge is 0.243 e. The summed E-state index contributed by atoms with van der Waals surface area (Å²) in [5.41, 5.74) is 6.17. The molecular formula is C14H21FN2O2S2. The van der Waals surface area contributed by atoms with E-state index in [4.69, 9.17) is 5.73 Å². The van der Waals surface area contributed by atoms with Crippen molar-refractivity contribution in [3.8, 4) is 0 Å². The fraction of sp³-hybridized carbons (Fsp3) is 0.571. The van der Waals surface area contributed by atoms with Gasteiger partial charge in [0.05, 0.1) is 4.90 Å². The lowest BCUT2D eigenvalue weighted by Crippen LogP contribution is -2.46. The molecular weight excluding hydrogens is 311 g/mol. The monoisotopic (exact) mass is 332 g/mol. The van der Waals surface area contributed by atoms with Crippen molar-refractivity contribution in [1.29, 1.82) is 0 Å². The van der Waals surface area contributed by atoms with Crippen LogP contribution in [0, 0.1) is 12.7 Å². The van der Waals surface area contributed by atoms with Gasteiger partial charge in [-0.3, -0.25) is 0 Å². The van der Waals surface area contributed by atoms with E-state index in [0.717, 1.165) is 5.75 Å². The van der Waals surface area contributed by atoms with E-state index in [1.165, 1.54) is 23.4 Å². The zero-order chi connectivity index (χ0) is 15.8. The fourth-order valence-electron chi connectivity index (χ4n) is 2.41. The summed E-state index contributed by atoms with van der Waals surface area (Å²) in [6.45, 7) is 6.51. The molecule has 2 N–H and O–H groups in total. The number of halogens is 1. The summed E-state index contributed by atoms with van der Waals surface area (Å²) in [5.74, 6) is 0.215. The van der Waals surface area contributed by atoms with Crippen molar-refractivity contribution in [3.05, 3.63) is 29.1 Å². The van der Waals surface area contributed by atoms with Gasteiger partial charge in [-0.05, 0) is 38.5 Å². The normalized spacial score (nSPS) is 19.7. The zero-order valence-corrected chi connectivity index (χ0v) is 14.2. The number of sulfonamides is 1. The number of benzene rings is 1. The lowest BCUT2D eigenvalue weighted by Gasteiger charge is -2.36. The number of hydrogen-bond acceptors (Lipinski definition) is 4. The Hall–Kier alpha value is -0.630. The molecule has 4 nitrogen and oxygen atoms in total. The molecule has 0 radical (unpaired) electrons. The molecule has 0 atom stereocenters. The van der Waals surface area contributed by atoms with Gasteiger partial charge >= 0.3 is 0 Å². The maximum atomic E-state index is 13.9. The SMILES string of the molecule is Cc1c(F)cc(CN)cc1S(=O)(=O)N1CCSC(C)(C)C1. The average Bonchev–Trinajstić information content (AvgIpc) is 2.40. The van der Waals surface area contributed by atoms with Crippen LogP contribution < -0.4 is 5.73 Å². The van der Waals surface area contributed by atoms with Crippen LogP contribution in [0.25, 0.3) is 0 Å². The van der Waals surface area contributed by atoms with Gasteiger partial charge in [-0.25, -0.2) is 12.8 Å². The van der Waals surface area contributed by atoms with Crippen molar-refractivity contribution in [2.45, 2.75) is 37.0 Å². The van der Waals surface area contributed by atoms with Crippen LogP contribution in [0.4, 0.5) is 4.39 Å². The second kappa shape index (κ2) is 5.87. The lowest BCUT2D eigenvalue weighted by atomic mass is 10.1. The first kappa shape index (κ1) is 16.7. The van der Waals surface area contributed by atoms with Gasteiger partial charge in [-0.1, -0.05) is 0 Å². The molecule has 1 aliphatic heterocycles. The quantitative estimate of drug-likeness (QED) is 0.921. The molecule has 1 heterocycles. The van der Waals surface area contributed by atoms with Crippen molar-refractivity contribution in [2.24, 2.45) is 5.73 Å². The van der Waals surface area contributed by atoms with Gasteiger partial charge in [0.1, 0.15) is 5.82 Å². The first-order valence-corrected chi connectivity index (χ1v) is 9.23. The molecule has 0 amide bonds. The lowest BCUT2D eigenvalue weighted by molar-refractivity contribution is 0.387. The van der Waals surface area contributed by atoms with Crippen molar-refractivity contribution < 1.29 is 12.8 Å². The van der Waals surface area contributed by atoms with Gasteiger partial charge < -0.3 is 5.73 Å². The second-order valence-corrected chi connectivity index (χ2v) is 9.56. The maximum absolute atomic E-state index is 13.9. The maximum Gasteiger partial charge on any atom is 0.243 e. The van der Waals surface area contributed by atoms with Crippen LogP contribution in [-0.2, 0) is 16.6 Å². The summed E-state index contributed by atoms with van der Waals surface area (Å²) >= 11 is 1.75. The molecule has 0 unspecified atom stereocenters. The highest BCUT2D eigenvalue weighted by atomic mass is 32.2. The average molecular weight is 332 g/mol. The number of nitrogens with zero attached hydrogens (tertiary/aromatic N) is 1. The van der Waals surface area contributed by atoms with Crippen LogP contribution >= 0.6 is 11.8 Å². The number of nitrogens with two attached hydrogens (primary N) is 1. The summed E-state index contributed by atoms with van der Waals surface area (Å²) in [6.07, 6.45) is 0. The molecule has 1 aromatic rings. The minimum atomic E-state index is -3.69. The topological polar surface area (TPSA) is 63.4 Å². The summed E-state index contributed by atoms with van der Waals surface area (Å²) < 4.78 is 40.9. The molecule has 0 aromatic heterocycles. The predicted molar refractivity (Wildman–Crippen MR) is 84.3 cm³/mol. The van der Waals surface area contributed by atoms with Crippen LogP contribution in [0.15, 0.2) is 17.0 Å². The number of hydrogen-bond donors (Lipinski definition) is 1. The molecule has 1 saturated heterocycles. The van der Waals surface area contributed by atoms with E-state index in [1.807, 2.05) is 13.8 Å². The van der Waals surface area contributed by atoms with E-state index in [-0.39, 0.29) is 21.8 Å². The van der Waals surface area contributed by atoms with Gasteiger partial charge in [0, 0.05) is 35.7 Å². The Balaban J connectivity index is 2.47. The molecule has 7 heteroatoms. The van der Waals surface area contributed by atoms with Crippen LogP contribution in [0.2, 0.25) is 0 Å². The minimum Gasteiger partial charge on any atom is -0.326 e. The Labute approximate surface area is 129 Å². The number of thioether (sulfide) groups is 1. The molecule has 0 spiro atoms. The Morgan fingerprint density at radius 1 is 1.43 bits per heavy atom. The van der Waals surface area contributed by atoms with Gasteiger partial charge in [0.2, 0.25) is 10.0 Å². The Morgan fingerprint density at radius 3 is 2.67 bits per heavy atom. The molecule has 1 aromatic carbocycles. The van der Waals surface area contributed by atoms with Crippen molar-refractivity contribution >= 4 is 21.8 Å². The van der Waals surface area contributed by atoms with Gasteiger partial charge in [0.25, 0.3) is 0 Å². The highest BCUT2D eigenvalue weighted by Crippen LogP contribution is 2.33. The van der Waals surface area contributed by atoms with Crippen LogP contribution in [-0.4, -0.2) is 36.3 Å². The summed E-state index contributed by atoms with van der Waals surface area (Å²) in [7, 11) is -3.69. The second-order valence-electron chi connectivity index (χ2n) is 5.85. The van der Waals surface area contributed by atoms with Gasteiger partial charge in [-0.15, -0.1) is 0 Å². The van der Waals surface area contributed by atoms with E-state index in [0.29, 0.717) is 18.7 Å². The number of rotatable bonds is 3. The summed E-state index contributed by atoms with van der Waals surface area (Å²) in [6, 6.07) is 2.78. The van der Waals surface area contributed by atoms with Crippen molar-refractivity contribution in [3.63, 3.8) is 0 Å². The van der Waals surface area contributed by atoms with Crippen LogP contribution in [0.1, 0.15) is 25.0 Å². The van der Waals surface area contributed by atoms with Gasteiger partial charge in [-0.2, -0.15) is 16.1 Å². The predicted octanol–water partition coefficient (Wildman–Crippen LogP) is 2.11. The molecule has 21 heavy (non-hydrogen) atoms. The standard InChI is InChI=1S/C14H21FN2O2S2/c1-10-12(15)6-11(8-16)7-13(10)21(18,19)17-4-5-20-14(2,3)9-17/h6-7H,4-5,8-9,16H2,1-3H3. The fourth-order valence-corrected chi connectivity index (χ4v) is 5.61.